The molecule has 1 aromatic carbocycles. The third-order valence-corrected chi connectivity index (χ3v) is 2.69. The van der Waals surface area contributed by atoms with Crippen LogP contribution in [0.2, 0.25) is 0 Å². The van der Waals surface area contributed by atoms with E-state index in [0.717, 1.165) is 11.3 Å². The highest BCUT2D eigenvalue weighted by Gasteiger charge is 2.10. The van der Waals surface area contributed by atoms with Crippen LogP contribution in [-0.4, -0.2) is 5.16 Å². The van der Waals surface area contributed by atoms with Crippen molar-refractivity contribution in [3.8, 4) is 11.3 Å². The molecule has 78 valence electrons. The standard InChI is InChI=1S/C12H12ClNO/c1-8-4-3-5-9(2)12(8)11-6-10(7-13)15-14-11/h3-6H,7H2,1-2H3. The molecule has 0 aliphatic carbocycles. The molecule has 0 aliphatic rings. The second kappa shape index (κ2) is 4.07. The summed E-state index contributed by atoms with van der Waals surface area (Å²) in [7, 11) is 0. The smallest absolute Gasteiger partial charge is 0.152 e. The van der Waals surface area contributed by atoms with Gasteiger partial charge in [-0.3, -0.25) is 0 Å². The van der Waals surface area contributed by atoms with E-state index >= 15 is 0 Å². The Morgan fingerprint density at radius 2 is 1.93 bits per heavy atom. The van der Waals surface area contributed by atoms with Gasteiger partial charge in [-0.25, -0.2) is 0 Å². The lowest BCUT2D eigenvalue weighted by Gasteiger charge is -2.04. The summed E-state index contributed by atoms with van der Waals surface area (Å²) >= 11 is 5.67. The minimum atomic E-state index is 0.359. The monoisotopic (exact) mass is 221 g/mol. The van der Waals surface area contributed by atoms with Crippen LogP contribution in [0.4, 0.5) is 0 Å². The lowest BCUT2D eigenvalue weighted by molar-refractivity contribution is 0.396. The first-order valence-corrected chi connectivity index (χ1v) is 5.34. The number of benzene rings is 1. The van der Waals surface area contributed by atoms with Crippen molar-refractivity contribution in [2.45, 2.75) is 19.7 Å². The van der Waals surface area contributed by atoms with Crippen LogP contribution in [-0.2, 0) is 5.88 Å². The van der Waals surface area contributed by atoms with Gasteiger partial charge in [0.25, 0.3) is 0 Å². The number of hydrogen-bond acceptors (Lipinski definition) is 2. The van der Waals surface area contributed by atoms with Crippen molar-refractivity contribution in [1.82, 2.24) is 5.16 Å². The van der Waals surface area contributed by atoms with Gasteiger partial charge in [-0.15, -0.1) is 11.6 Å². The molecule has 0 saturated heterocycles. The molecule has 0 N–H and O–H groups in total. The molecule has 2 nitrogen and oxygen atoms in total. The van der Waals surface area contributed by atoms with Crippen molar-refractivity contribution in [2.75, 3.05) is 0 Å². The minimum Gasteiger partial charge on any atom is -0.359 e. The molecule has 0 unspecified atom stereocenters. The fraction of sp³-hybridized carbons (Fsp3) is 0.250. The molecule has 15 heavy (non-hydrogen) atoms. The molecule has 1 heterocycles. The molecule has 0 fully saturated rings. The van der Waals surface area contributed by atoms with E-state index in [1.807, 2.05) is 12.1 Å². The zero-order valence-corrected chi connectivity index (χ0v) is 9.51. The summed E-state index contributed by atoms with van der Waals surface area (Å²) in [6.45, 7) is 4.13. The molecule has 0 aliphatic heterocycles. The fourth-order valence-electron chi connectivity index (χ4n) is 1.71. The molecule has 0 radical (unpaired) electrons. The maximum Gasteiger partial charge on any atom is 0.152 e. The maximum absolute atomic E-state index is 5.67. The first-order valence-electron chi connectivity index (χ1n) is 4.80. The second-order valence-electron chi connectivity index (χ2n) is 3.58. The number of alkyl halides is 1. The molecule has 2 rings (SSSR count). The number of aromatic nitrogens is 1. The van der Waals surface area contributed by atoms with Gasteiger partial charge in [0.2, 0.25) is 0 Å². The molecule has 0 amide bonds. The van der Waals surface area contributed by atoms with Gasteiger partial charge in [0.05, 0.1) is 5.88 Å². The Bertz CT molecular complexity index is 456. The lowest BCUT2D eigenvalue weighted by Crippen LogP contribution is -1.87. The van der Waals surface area contributed by atoms with Crippen LogP contribution in [0.3, 0.4) is 0 Å². The molecular formula is C12H12ClNO. The van der Waals surface area contributed by atoms with Gasteiger partial charge in [0, 0.05) is 11.6 Å². The summed E-state index contributed by atoms with van der Waals surface area (Å²) in [6.07, 6.45) is 0. The van der Waals surface area contributed by atoms with E-state index in [4.69, 9.17) is 16.1 Å². The Balaban J connectivity index is 2.53. The summed E-state index contributed by atoms with van der Waals surface area (Å²) in [5.41, 5.74) is 4.40. The van der Waals surface area contributed by atoms with Gasteiger partial charge in [0.1, 0.15) is 5.69 Å². The number of hydrogen-bond donors (Lipinski definition) is 0. The topological polar surface area (TPSA) is 26.0 Å². The van der Waals surface area contributed by atoms with Gasteiger partial charge >= 0.3 is 0 Å². The van der Waals surface area contributed by atoms with Crippen LogP contribution in [0.25, 0.3) is 11.3 Å². The number of halogens is 1. The summed E-state index contributed by atoms with van der Waals surface area (Å²) in [5.74, 6) is 1.06. The predicted octanol–water partition coefficient (Wildman–Crippen LogP) is 3.70. The average molecular weight is 222 g/mol. The van der Waals surface area contributed by atoms with Crippen LogP contribution < -0.4 is 0 Å². The molecule has 0 spiro atoms. The Morgan fingerprint density at radius 3 is 2.47 bits per heavy atom. The second-order valence-corrected chi connectivity index (χ2v) is 3.85. The molecule has 0 atom stereocenters. The lowest BCUT2D eigenvalue weighted by atomic mass is 10.0. The fourth-order valence-corrected chi connectivity index (χ4v) is 1.84. The van der Waals surface area contributed by atoms with Crippen LogP contribution >= 0.6 is 11.6 Å². The van der Waals surface area contributed by atoms with Gasteiger partial charge in [-0.05, 0) is 25.0 Å². The van der Waals surface area contributed by atoms with E-state index in [9.17, 15) is 0 Å². The van der Waals surface area contributed by atoms with Crippen molar-refractivity contribution in [1.29, 1.82) is 0 Å². The van der Waals surface area contributed by atoms with Crippen LogP contribution in [0.5, 0.6) is 0 Å². The Hall–Kier alpha value is -1.28. The van der Waals surface area contributed by atoms with E-state index in [-0.39, 0.29) is 0 Å². The van der Waals surface area contributed by atoms with E-state index < -0.39 is 0 Å². The molecule has 0 saturated carbocycles. The first-order chi connectivity index (χ1) is 7.22. The molecule has 3 heteroatoms. The van der Waals surface area contributed by atoms with E-state index in [1.165, 1.54) is 11.1 Å². The minimum absolute atomic E-state index is 0.359. The van der Waals surface area contributed by atoms with Gasteiger partial charge < -0.3 is 4.52 Å². The highest BCUT2D eigenvalue weighted by molar-refractivity contribution is 6.16. The number of rotatable bonds is 2. The zero-order chi connectivity index (χ0) is 10.8. The normalized spacial score (nSPS) is 10.6. The van der Waals surface area contributed by atoms with Crippen LogP contribution in [0.1, 0.15) is 16.9 Å². The highest BCUT2D eigenvalue weighted by atomic mass is 35.5. The Kier molecular flexibility index (Phi) is 2.78. The summed E-state index contributed by atoms with van der Waals surface area (Å²) in [5, 5.41) is 4.02. The van der Waals surface area contributed by atoms with Crippen LogP contribution in [0.15, 0.2) is 28.8 Å². The highest BCUT2D eigenvalue weighted by Crippen LogP contribution is 2.26. The summed E-state index contributed by atoms with van der Waals surface area (Å²) < 4.78 is 5.10. The van der Waals surface area contributed by atoms with Gasteiger partial charge in [-0.2, -0.15) is 0 Å². The molecule has 2 aromatic rings. The SMILES string of the molecule is Cc1cccc(C)c1-c1cc(CCl)on1. The van der Waals surface area contributed by atoms with E-state index in [2.05, 4.69) is 31.1 Å². The van der Waals surface area contributed by atoms with E-state index in [0.29, 0.717) is 11.6 Å². The average Bonchev–Trinajstić information content (AvgIpc) is 2.66. The van der Waals surface area contributed by atoms with Crippen molar-refractivity contribution in [2.24, 2.45) is 0 Å². The van der Waals surface area contributed by atoms with Crippen molar-refractivity contribution >= 4 is 11.6 Å². The largest absolute Gasteiger partial charge is 0.359 e. The summed E-state index contributed by atoms with van der Waals surface area (Å²) in [6, 6.07) is 8.06. The third kappa shape index (κ3) is 1.90. The molecule has 0 bridgehead atoms. The van der Waals surface area contributed by atoms with Crippen LogP contribution in [0, 0.1) is 13.8 Å². The first kappa shape index (κ1) is 10.2. The number of aryl methyl sites for hydroxylation is 2. The van der Waals surface area contributed by atoms with Crippen molar-refractivity contribution in [3.63, 3.8) is 0 Å². The summed E-state index contributed by atoms with van der Waals surface area (Å²) in [4.78, 5) is 0. The van der Waals surface area contributed by atoms with Crippen molar-refractivity contribution in [3.05, 3.63) is 41.2 Å². The third-order valence-electron chi connectivity index (χ3n) is 2.43. The molecular weight excluding hydrogens is 210 g/mol. The molecule has 1 aromatic heterocycles. The zero-order valence-electron chi connectivity index (χ0n) is 8.75. The van der Waals surface area contributed by atoms with Gasteiger partial charge in [-0.1, -0.05) is 23.4 Å². The van der Waals surface area contributed by atoms with Gasteiger partial charge in [0.15, 0.2) is 5.76 Å². The maximum atomic E-state index is 5.67. The Labute approximate surface area is 93.9 Å². The van der Waals surface area contributed by atoms with Crippen molar-refractivity contribution < 1.29 is 4.52 Å². The Morgan fingerprint density at radius 1 is 1.27 bits per heavy atom. The quantitative estimate of drug-likeness (QED) is 0.723. The predicted molar refractivity (Wildman–Crippen MR) is 61.0 cm³/mol. The number of nitrogens with zero attached hydrogens (tertiary/aromatic N) is 1. The van der Waals surface area contributed by atoms with E-state index in [1.54, 1.807) is 0 Å².